The van der Waals surface area contributed by atoms with Gasteiger partial charge in [-0.2, -0.15) is 0 Å². The number of hydrogen-bond donors (Lipinski definition) is 0. The highest BCUT2D eigenvalue weighted by Crippen LogP contribution is 2.14. The quantitative estimate of drug-likeness (QED) is 0.360. The van der Waals surface area contributed by atoms with Gasteiger partial charge in [-0.15, -0.1) is 0 Å². The summed E-state index contributed by atoms with van der Waals surface area (Å²) in [5, 5.41) is 0. The molecular weight excluding hydrogens is 352 g/mol. The molecule has 3 nitrogen and oxygen atoms in total. The molecule has 0 bridgehead atoms. The lowest BCUT2D eigenvalue weighted by atomic mass is 10.1. The molecule has 0 fully saturated rings. The summed E-state index contributed by atoms with van der Waals surface area (Å²) in [5.74, 6) is 1.18. The SMILES string of the molecule is C=CCn1c(C)[n+](CC(=O)c2ccccc2)c2ccccc21.[Br-]. The van der Waals surface area contributed by atoms with Crippen molar-refractivity contribution in [1.82, 2.24) is 4.57 Å². The van der Waals surface area contributed by atoms with Gasteiger partial charge in [-0.05, 0) is 12.1 Å². The Morgan fingerprint density at radius 3 is 2.48 bits per heavy atom. The summed E-state index contributed by atoms with van der Waals surface area (Å²) < 4.78 is 4.26. The van der Waals surface area contributed by atoms with Gasteiger partial charge in [-0.25, -0.2) is 9.13 Å². The normalized spacial score (nSPS) is 10.3. The van der Waals surface area contributed by atoms with Crippen molar-refractivity contribution >= 4 is 16.8 Å². The Morgan fingerprint density at radius 2 is 1.78 bits per heavy atom. The van der Waals surface area contributed by atoms with Crippen molar-refractivity contribution in [2.24, 2.45) is 0 Å². The molecule has 23 heavy (non-hydrogen) atoms. The van der Waals surface area contributed by atoms with Gasteiger partial charge in [0.1, 0.15) is 6.54 Å². The van der Waals surface area contributed by atoms with Crippen LogP contribution in [0.5, 0.6) is 0 Å². The third-order valence-corrected chi connectivity index (χ3v) is 3.95. The Morgan fingerprint density at radius 1 is 1.13 bits per heavy atom. The summed E-state index contributed by atoms with van der Waals surface area (Å²) in [4.78, 5) is 12.5. The van der Waals surface area contributed by atoms with Gasteiger partial charge >= 0.3 is 0 Å². The second-order valence-electron chi connectivity index (χ2n) is 5.31. The first kappa shape index (κ1) is 17.2. The van der Waals surface area contributed by atoms with Crippen LogP contribution >= 0.6 is 0 Å². The summed E-state index contributed by atoms with van der Waals surface area (Å²) in [6.07, 6.45) is 1.88. The molecule has 2 aromatic carbocycles. The molecule has 3 rings (SSSR count). The molecule has 0 spiro atoms. The van der Waals surface area contributed by atoms with Crippen LogP contribution < -0.4 is 21.5 Å². The van der Waals surface area contributed by atoms with Crippen LogP contribution in [-0.4, -0.2) is 10.4 Å². The molecule has 0 N–H and O–H groups in total. The fraction of sp³-hybridized carbons (Fsp3) is 0.158. The maximum atomic E-state index is 12.5. The summed E-state index contributed by atoms with van der Waals surface area (Å²) in [5.41, 5.74) is 2.95. The predicted octanol–water partition coefficient (Wildman–Crippen LogP) is 0.310. The molecule has 0 aliphatic carbocycles. The number of nitrogens with zero attached hydrogens (tertiary/aromatic N) is 2. The Bertz CT molecular complexity index is 837. The van der Waals surface area contributed by atoms with Crippen molar-refractivity contribution < 1.29 is 26.3 Å². The minimum absolute atomic E-state index is 0. The van der Waals surface area contributed by atoms with Crippen LogP contribution in [0, 0.1) is 6.92 Å². The van der Waals surface area contributed by atoms with Crippen molar-refractivity contribution in [2.75, 3.05) is 0 Å². The fourth-order valence-electron chi connectivity index (χ4n) is 2.83. The van der Waals surface area contributed by atoms with E-state index in [-0.39, 0.29) is 22.8 Å². The summed E-state index contributed by atoms with van der Waals surface area (Å²) >= 11 is 0. The Kier molecular flexibility index (Phi) is 5.50. The molecule has 118 valence electrons. The smallest absolute Gasteiger partial charge is 0.254 e. The largest absolute Gasteiger partial charge is 1.00 e. The minimum atomic E-state index is 0. The highest BCUT2D eigenvalue weighted by atomic mass is 79.9. The summed E-state index contributed by atoms with van der Waals surface area (Å²) in [6, 6.07) is 17.6. The molecule has 0 aliphatic rings. The standard InChI is InChI=1S/C19H19N2O.BrH/c1-3-13-20-15(2)21(18-12-8-7-11-17(18)20)14-19(22)16-9-5-4-6-10-16;/h3-12H,1,13-14H2,2H3;1H/q+1;/p-1. The Labute approximate surface area is 146 Å². The first-order valence-corrected chi connectivity index (χ1v) is 7.39. The van der Waals surface area contributed by atoms with Crippen LogP contribution in [0.4, 0.5) is 0 Å². The second-order valence-corrected chi connectivity index (χ2v) is 5.31. The molecule has 1 heterocycles. The molecule has 0 radical (unpaired) electrons. The van der Waals surface area contributed by atoms with E-state index in [9.17, 15) is 4.79 Å². The highest BCUT2D eigenvalue weighted by Gasteiger charge is 2.22. The van der Waals surface area contributed by atoms with E-state index in [0.717, 1.165) is 29.0 Å². The molecule has 3 aromatic rings. The number of Topliss-reactive ketones (excluding diaryl/α,β-unsaturated/α-hetero) is 1. The molecule has 0 saturated carbocycles. The van der Waals surface area contributed by atoms with E-state index < -0.39 is 0 Å². The minimum Gasteiger partial charge on any atom is -1.00 e. The van der Waals surface area contributed by atoms with E-state index in [1.165, 1.54) is 0 Å². The van der Waals surface area contributed by atoms with E-state index in [4.69, 9.17) is 0 Å². The zero-order valence-electron chi connectivity index (χ0n) is 13.1. The number of rotatable bonds is 5. The van der Waals surface area contributed by atoms with Crippen LogP contribution in [0.15, 0.2) is 67.3 Å². The zero-order chi connectivity index (χ0) is 15.5. The van der Waals surface area contributed by atoms with Crippen LogP contribution in [0.25, 0.3) is 11.0 Å². The Hall–Kier alpha value is -2.20. The van der Waals surface area contributed by atoms with Gasteiger partial charge in [0.15, 0.2) is 17.6 Å². The third kappa shape index (κ3) is 3.27. The van der Waals surface area contributed by atoms with Crippen molar-refractivity contribution in [2.45, 2.75) is 20.0 Å². The van der Waals surface area contributed by atoms with Gasteiger partial charge < -0.3 is 17.0 Å². The topological polar surface area (TPSA) is 25.9 Å². The number of allylic oxidation sites excluding steroid dienone is 1. The predicted molar refractivity (Wildman–Crippen MR) is 87.8 cm³/mol. The van der Waals surface area contributed by atoms with E-state index >= 15 is 0 Å². The number of carbonyl (C=O) groups is 1. The van der Waals surface area contributed by atoms with Gasteiger partial charge in [-0.3, -0.25) is 4.79 Å². The van der Waals surface area contributed by atoms with Crippen molar-refractivity contribution in [3.63, 3.8) is 0 Å². The lowest BCUT2D eigenvalue weighted by Crippen LogP contribution is -3.00. The molecule has 1 aromatic heterocycles. The molecule has 4 heteroatoms. The Balaban J connectivity index is 0.00000192. The van der Waals surface area contributed by atoms with E-state index in [2.05, 4.69) is 27.8 Å². The van der Waals surface area contributed by atoms with Crippen LogP contribution in [-0.2, 0) is 13.1 Å². The maximum absolute atomic E-state index is 12.5. The highest BCUT2D eigenvalue weighted by molar-refractivity contribution is 5.95. The van der Waals surface area contributed by atoms with Crippen molar-refractivity contribution in [3.8, 4) is 0 Å². The number of hydrogen-bond acceptors (Lipinski definition) is 1. The lowest BCUT2D eigenvalue weighted by Gasteiger charge is -2.01. The number of para-hydroxylation sites is 2. The number of halogens is 1. The van der Waals surface area contributed by atoms with Crippen LogP contribution in [0.3, 0.4) is 0 Å². The molecule has 0 saturated heterocycles. The number of carbonyl (C=O) groups excluding carboxylic acids is 1. The molecule has 0 atom stereocenters. The monoisotopic (exact) mass is 370 g/mol. The number of ketones is 1. The van der Waals surface area contributed by atoms with Gasteiger partial charge in [0.05, 0.1) is 0 Å². The van der Waals surface area contributed by atoms with Crippen LogP contribution in [0.1, 0.15) is 16.2 Å². The second kappa shape index (κ2) is 7.38. The van der Waals surface area contributed by atoms with Crippen LogP contribution in [0.2, 0.25) is 0 Å². The van der Waals surface area contributed by atoms with Gasteiger partial charge in [0.25, 0.3) is 5.82 Å². The first-order valence-electron chi connectivity index (χ1n) is 7.39. The zero-order valence-corrected chi connectivity index (χ0v) is 14.7. The first-order chi connectivity index (χ1) is 10.7. The van der Waals surface area contributed by atoms with Crippen molar-refractivity contribution in [3.05, 3.63) is 78.6 Å². The summed E-state index contributed by atoms with van der Waals surface area (Å²) in [7, 11) is 0. The lowest BCUT2D eigenvalue weighted by molar-refractivity contribution is -0.664. The summed E-state index contributed by atoms with van der Waals surface area (Å²) in [6.45, 7) is 6.95. The van der Waals surface area contributed by atoms with Crippen molar-refractivity contribution in [1.29, 1.82) is 0 Å². The van der Waals surface area contributed by atoms with Gasteiger partial charge in [0, 0.05) is 12.5 Å². The van der Waals surface area contributed by atoms with Gasteiger partial charge in [-0.1, -0.05) is 55.1 Å². The van der Waals surface area contributed by atoms with E-state index in [1.807, 2.05) is 55.5 Å². The molecule has 0 aliphatic heterocycles. The number of fused-ring (bicyclic) bond motifs is 1. The molecular formula is C19H19BrN2O. The maximum Gasteiger partial charge on any atom is 0.254 e. The average Bonchev–Trinajstić information content (AvgIpc) is 2.82. The van der Waals surface area contributed by atoms with E-state index in [1.54, 1.807) is 0 Å². The number of aromatic nitrogens is 2. The third-order valence-electron chi connectivity index (χ3n) is 3.95. The molecule has 0 amide bonds. The number of benzene rings is 2. The molecule has 0 unspecified atom stereocenters. The average molecular weight is 371 g/mol. The fourth-order valence-corrected chi connectivity index (χ4v) is 2.83. The van der Waals surface area contributed by atoms with E-state index in [0.29, 0.717) is 6.54 Å². The number of imidazole rings is 1. The van der Waals surface area contributed by atoms with Gasteiger partial charge in [0.2, 0.25) is 5.78 Å².